The number of amides is 1. The Balaban J connectivity index is 1.17. The maximum absolute atomic E-state index is 13.7. The number of benzene rings is 2. The van der Waals surface area contributed by atoms with Gasteiger partial charge in [-0.25, -0.2) is 13.1 Å². The molecule has 2 aromatic carbocycles. The van der Waals surface area contributed by atoms with Crippen LogP contribution in [0.25, 0.3) is 0 Å². The lowest BCUT2D eigenvalue weighted by molar-refractivity contribution is -0.102. The highest BCUT2D eigenvalue weighted by molar-refractivity contribution is 7.90. The van der Waals surface area contributed by atoms with E-state index in [4.69, 9.17) is 21.1 Å². The Morgan fingerprint density at radius 1 is 1.04 bits per heavy atom. The molecule has 1 unspecified atom stereocenters. The molecule has 2 saturated heterocycles. The summed E-state index contributed by atoms with van der Waals surface area (Å²) >= 11 is 6.53. The van der Waals surface area contributed by atoms with E-state index in [1.54, 1.807) is 13.0 Å². The predicted molar refractivity (Wildman–Crippen MR) is 223 cm³/mol. The van der Waals surface area contributed by atoms with Crippen molar-refractivity contribution in [1.29, 1.82) is 0 Å². The Kier molecular flexibility index (Phi) is 11.3. The van der Waals surface area contributed by atoms with Gasteiger partial charge in [-0.15, -0.1) is 0 Å². The maximum Gasteiger partial charge on any atom is 0.264 e. The second-order valence-electron chi connectivity index (χ2n) is 18.2. The molecule has 0 aromatic heterocycles. The standard InChI is InChI=1S/C44H62ClN5O5S/c1-30(2)49-21-20-48-19-18-47(25-37(48)26-49)28-44(54-5)17-6-8-31(3)32(4)56(52,53)46-42(51)34-11-15-41-40(23-34)50(24-35-10-13-39(35)44)27-43(29-55-41)16-7-9-33-22-36(45)12-14-38(33)43/h6,11-12,14-15,17,22-23,30-32,35,37,39H,7-10,13,16,18-21,24-29H2,1-5H3,(H,46,51)/b17-6+/t31-,32+,35-,37-,39+,43-,44?/m0/s1. The number of halogens is 1. The lowest BCUT2D eigenvalue weighted by Gasteiger charge is -2.54. The third-order valence-electron chi connectivity index (χ3n) is 14.6. The number of hydrogen-bond donors (Lipinski definition) is 1. The van der Waals surface area contributed by atoms with E-state index in [0.29, 0.717) is 36.6 Å². The summed E-state index contributed by atoms with van der Waals surface area (Å²) in [6.45, 7) is 17.5. The zero-order valence-corrected chi connectivity index (χ0v) is 35.6. The monoisotopic (exact) mass is 807 g/mol. The highest BCUT2D eigenvalue weighted by Crippen LogP contribution is 2.49. The number of methoxy groups -OCH3 is 1. The number of carbonyl (C=O) groups is 1. The molecule has 1 N–H and O–H groups in total. The molecule has 4 heterocycles. The van der Waals surface area contributed by atoms with Gasteiger partial charge in [0.2, 0.25) is 10.0 Å². The van der Waals surface area contributed by atoms with Crippen molar-refractivity contribution in [2.45, 2.75) is 94.6 Å². The molecule has 8 rings (SSSR count). The van der Waals surface area contributed by atoms with Crippen molar-refractivity contribution >= 4 is 33.2 Å². The summed E-state index contributed by atoms with van der Waals surface area (Å²) in [5.41, 5.74) is 2.92. The molecule has 0 radical (unpaired) electrons. The second kappa shape index (κ2) is 15.8. The van der Waals surface area contributed by atoms with Crippen molar-refractivity contribution in [2.24, 2.45) is 17.8 Å². The third kappa shape index (κ3) is 7.65. The van der Waals surface area contributed by atoms with Crippen molar-refractivity contribution in [3.8, 4) is 5.75 Å². The van der Waals surface area contributed by atoms with Gasteiger partial charge in [0.15, 0.2) is 0 Å². The lowest BCUT2D eigenvalue weighted by Crippen LogP contribution is -2.65. The molecular weight excluding hydrogens is 746 g/mol. The lowest BCUT2D eigenvalue weighted by atomic mass is 9.63. The van der Waals surface area contributed by atoms with Crippen LogP contribution in [0.5, 0.6) is 5.75 Å². The van der Waals surface area contributed by atoms with Crippen molar-refractivity contribution in [3.63, 3.8) is 0 Å². The number of fused-ring (bicyclic) bond motifs is 5. The number of hydrogen-bond acceptors (Lipinski definition) is 9. The Morgan fingerprint density at radius 2 is 1.86 bits per heavy atom. The molecule has 1 saturated carbocycles. The maximum atomic E-state index is 13.7. The normalized spacial score (nSPS) is 34.7. The number of nitrogens with zero attached hydrogens (tertiary/aromatic N) is 4. The summed E-state index contributed by atoms with van der Waals surface area (Å²) in [4.78, 5) is 24.1. The van der Waals surface area contributed by atoms with Gasteiger partial charge < -0.3 is 14.4 Å². The van der Waals surface area contributed by atoms with Crippen LogP contribution in [0.1, 0.15) is 81.3 Å². The fourth-order valence-electron chi connectivity index (χ4n) is 10.8. The molecule has 2 aliphatic carbocycles. The van der Waals surface area contributed by atoms with E-state index < -0.39 is 26.8 Å². The minimum Gasteiger partial charge on any atom is -0.490 e. The SMILES string of the molecule is COC1(CN2CCN3CCN(C(C)C)C[C@@H]3C2)/C=C/C[C@H](C)[C@@H](C)S(=O)(=O)NC(=O)c2ccc3c(c2)N(C[C@@H]2CC[C@H]21)C[C@@]1(CCCc2cc(Cl)ccc21)CO3. The molecule has 4 aliphatic heterocycles. The van der Waals surface area contributed by atoms with Gasteiger partial charge in [-0.3, -0.25) is 19.5 Å². The molecule has 2 bridgehead atoms. The largest absolute Gasteiger partial charge is 0.490 e. The average molecular weight is 809 g/mol. The summed E-state index contributed by atoms with van der Waals surface area (Å²) in [5, 5.41) is -0.0255. The minimum absolute atomic E-state index is 0.218. The quantitative estimate of drug-likeness (QED) is 0.375. The first-order valence-electron chi connectivity index (χ1n) is 21.1. The first-order valence-corrected chi connectivity index (χ1v) is 23.0. The van der Waals surface area contributed by atoms with Crippen molar-refractivity contribution in [3.05, 3.63) is 70.3 Å². The minimum atomic E-state index is -3.96. The number of piperazine rings is 2. The molecule has 6 aliphatic rings. The molecule has 1 spiro atoms. The zero-order chi connectivity index (χ0) is 39.4. The number of anilines is 1. The summed E-state index contributed by atoms with van der Waals surface area (Å²) < 4.78 is 43.4. The van der Waals surface area contributed by atoms with Gasteiger partial charge in [-0.1, -0.05) is 36.7 Å². The molecule has 7 atom stereocenters. The Bertz CT molecular complexity index is 1930. The Hall–Kier alpha value is -2.67. The van der Waals surface area contributed by atoms with Crippen LogP contribution in [-0.2, 0) is 26.6 Å². The fraction of sp³-hybridized carbons (Fsp3) is 0.659. The first-order chi connectivity index (χ1) is 26.8. The van der Waals surface area contributed by atoms with Gasteiger partial charge in [-0.2, -0.15) is 0 Å². The number of sulfonamides is 1. The van der Waals surface area contributed by atoms with Gasteiger partial charge >= 0.3 is 0 Å². The van der Waals surface area contributed by atoms with Gasteiger partial charge in [0.25, 0.3) is 5.91 Å². The Morgan fingerprint density at radius 3 is 2.62 bits per heavy atom. The van der Waals surface area contributed by atoms with E-state index in [2.05, 4.69) is 62.5 Å². The molecule has 12 heteroatoms. The fourth-order valence-corrected chi connectivity index (χ4v) is 12.3. The number of rotatable bonds is 4. The van der Waals surface area contributed by atoms with Crippen LogP contribution < -0.4 is 14.4 Å². The van der Waals surface area contributed by atoms with Crippen molar-refractivity contribution < 1.29 is 22.7 Å². The topological polar surface area (TPSA) is 94.7 Å². The van der Waals surface area contributed by atoms with E-state index in [1.165, 1.54) is 11.1 Å². The molecule has 2 aromatic rings. The van der Waals surface area contributed by atoms with Crippen LogP contribution in [0.4, 0.5) is 5.69 Å². The second-order valence-corrected chi connectivity index (χ2v) is 20.7. The molecule has 3 fully saturated rings. The predicted octanol–water partition coefficient (Wildman–Crippen LogP) is 5.98. The van der Waals surface area contributed by atoms with E-state index in [9.17, 15) is 13.2 Å². The first kappa shape index (κ1) is 40.1. The number of ether oxygens (including phenoxy) is 2. The molecule has 1 amide bonds. The molecule has 56 heavy (non-hydrogen) atoms. The number of allylic oxidation sites excluding steroid dienone is 1. The van der Waals surface area contributed by atoms with Crippen LogP contribution in [0.3, 0.4) is 0 Å². The van der Waals surface area contributed by atoms with Gasteiger partial charge in [0, 0.05) is 94.1 Å². The highest BCUT2D eigenvalue weighted by Gasteiger charge is 2.50. The number of aryl methyl sites for hydroxylation is 1. The average Bonchev–Trinajstić information content (AvgIpc) is 3.31. The zero-order valence-electron chi connectivity index (χ0n) is 34.0. The van der Waals surface area contributed by atoms with E-state index >= 15 is 0 Å². The number of carbonyl (C=O) groups excluding carboxylic acids is 1. The van der Waals surface area contributed by atoms with E-state index in [1.807, 2.05) is 32.2 Å². The van der Waals surface area contributed by atoms with Gasteiger partial charge in [0.1, 0.15) is 11.4 Å². The summed E-state index contributed by atoms with van der Waals surface area (Å²) in [7, 11) is -2.08. The number of nitrogens with one attached hydrogen (secondary N) is 1. The summed E-state index contributed by atoms with van der Waals surface area (Å²) in [6.07, 6.45) is 10.2. The van der Waals surface area contributed by atoms with Crippen LogP contribution in [0.15, 0.2) is 48.6 Å². The van der Waals surface area contributed by atoms with Crippen molar-refractivity contribution in [2.75, 3.05) is 77.5 Å². The Labute approximate surface area is 339 Å². The molecule has 306 valence electrons. The summed E-state index contributed by atoms with van der Waals surface area (Å²) in [6, 6.07) is 12.7. The van der Waals surface area contributed by atoms with Crippen LogP contribution in [0, 0.1) is 17.8 Å². The molecule has 10 nitrogen and oxygen atoms in total. The summed E-state index contributed by atoms with van der Waals surface area (Å²) in [5.74, 6) is 0.493. The van der Waals surface area contributed by atoms with Gasteiger partial charge in [0.05, 0.1) is 17.5 Å². The van der Waals surface area contributed by atoms with Crippen LogP contribution in [0.2, 0.25) is 5.02 Å². The highest BCUT2D eigenvalue weighted by atomic mass is 35.5. The van der Waals surface area contributed by atoms with E-state index in [0.717, 1.165) is 107 Å². The smallest absolute Gasteiger partial charge is 0.264 e. The molecular formula is C44H62ClN5O5S. The van der Waals surface area contributed by atoms with Crippen LogP contribution in [-0.4, -0.2) is 125 Å². The van der Waals surface area contributed by atoms with Crippen LogP contribution >= 0.6 is 11.6 Å². The van der Waals surface area contributed by atoms with Crippen molar-refractivity contribution in [1.82, 2.24) is 19.4 Å². The third-order valence-corrected chi connectivity index (χ3v) is 16.8. The van der Waals surface area contributed by atoms with Gasteiger partial charge in [-0.05, 0) is 119 Å². The van der Waals surface area contributed by atoms with E-state index in [-0.39, 0.29) is 17.3 Å².